The van der Waals surface area contributed by atoms with Crippen molar-refractivity contribution in [2.45, 2.75) is 19.3 Å². The quantitative estimate of drug-likeness (QED) is 0.634. The fourth-order valence-corrected chi connectivity index (χ4v) is 3.26. The van der Waals surface area contributed by atoms with Crippen LogP contribution in [0.1, 0.15) is 17.5 Å². The second-order valence-electron chi connectivity index (χ2n) is 5.73. The van der Waals surface area contributed by atoms with Crippen molar-refractivity contribution in [3.05, 3.63) is 71.8 Å². The maximum absolute atomic E-state index is 11.7. The van der Waals surface area contributed by atoms with Gasteiger partial charge in [0.1, 0.15) is 5.78 Å². The molecule has 0 aliphatic heterocycles. The molecule has 0 unspecified atom stereocenters. The van der Waals surface area contributed by atoms with Gasteiger partial charge in [-0.25, -0.2) is 0 Å². The van der Waals surface area contributed by atoms with Gasteiger partial charge in [-0.05, 0) is 45.5 Å². The number of carbonyl (C=O) groups excluding carboxylic acids is 1. The molecular formula is C20H16O. The lowest BCUT2D eigenvalue weighted by molar-refractivity contribution is -0.118. The minimum atomic E-state index is 0.360. The van der Waals surface area contributed by atoms with Gasteiger partial charge in [0.15, 0.2) is 0 Å². The molecule has 0 atom stereocenters. The first-order chi connectivity index (χ1) is 10.3. The summed E-state index contributed by atoms with van der Waals surface area (Å²) in [6.07, 6.45) is 2.17. The van der Waals surface area contributed by atoms with E-state index in [0.717, 1.165) is 6.42 Å². The molecule has 21 heavy (non-hydrogen) atoms. The van der Waals surface area contributed by atoms with Gasteiger partial charge in [-0.15, -0.1) is 0 Å². The topological polar surface area (TPSA) is 17.1 Å². The number of hydrogen-bond donors (Lipinski definition) is 0. The van der Waals surface area contributed by atoms with E-state index in [2.05, 4.69) is 54.6 Å². The number of Topliss-reactive ketones (excluding diaryl/α,β-unsaturated/α-hetero) is 1. The monoisotopic (exact) mass is 272 g/mol. The molecule has 0 saturated heterocycles. The zero-order valence-corrected chi connectivity index (χ0v) is 11.8. The van der Waals surface area contributed by atoms with Crippen LogP contribution in [-0.4, -0.2) is 5.78 Å². The third kappa shape index (κ3) is 2.15. The van der Waals surface area contributed by atoms with Crippen LogP contribution in [0.4, 0.5) is 0 Å². The van der Waals surface area contributed by atoms with Gasteiger partial charge >= 0.3 is 0 Å². The summed E-state index contributed by atoms with van der Waals surface area (Å²) in [4.78, 5) is 11.7. The molecule has 0 bridgehead atoms. The molecular weight excluding hydrogens is 256 g/mol. The summed E-state index contributed by atoms with van der Waals surface area (Å²) in [5, 5.41) is 2.52. The summed E-state index contributed by atoms with van der Waals surface area (Å²) in [5.74, 6) is 0.360. The Balaban J connectivity index is 1.97. The Morgan fingerprint density at radius 2 is 1.62 bits per heavy atom. The van der Waals surface area contributed by atoms with Crippen LogP contribution in [0.25, 0.3) is 21.9 Å². The molecule has 3 aromatic rings. The van der Waals surface area contributed by atoms with Crippen molar-refractivity contribution in [1.82, 2.24) is 0 Å². The van der Waals surface area contributed by atoms with Gasteiger partial charge in [-0.3, -0.25) is 4.79 Å². The molecule has 0 heterocycles. The lowest BCUT2D eigenvalue weighted by Gasteiger charge is -2.17. The average molecular weight is 272 g/mol. The fourth-order valence-electron chi connectivity index (χ4n) is 3.26. The van der Waals surface area contributed by atoms with E-state index in [-0.39, 0.29) is 0 Å². The summed E-state index contributed by atoms with van der Waals surface area (Å²) in [6.45, 7) is 0. The van der Waals surface area contributed by atoms with Gasteiger partial charge in [-0.2, -0.15) is 0 Å². The Morgan fingerprint density at radius 1 is 0.762 bits per heavy atom. The minimum Gasteiger partial charge on any atom is -0.299 e. The molecule has 0 radical (unpaired) electrons. The van der Waals surface area contributed by atoms with E-state index in [9.17, 15) is 4.79 Å². The van der Waals surface area contributed by atoms with Gasteiger partial charge < -0.3 is 0 Å². The van der Waals surface area contributed by atoms with Crippen molar-refractivity contribution < 1.29 is 4.79 Å². The molecule has 0 saturated carbocycles. The molecule has 1 aliphatic carbocycles. The van der Waals surface area contributed by atoms with E-state index in [1.165, 1.54) is 33.0 Å². The minimum absolute atomic E-state index is 0.360. The van der Waals surface area contributed by atoms with Gasteiger partial charge in [-0.1, -0.05) is 54.6 Å². The molecule has 0 aromatic heterocycles. The van der Waals surface area contributed by atoms with Crippen LogP contribution in [0.3, 0.4) is 0 Å². The van der Waals surface area contributed by atoms with Crippen molar-refractivity contribution in [3.63, 3.8) is 0 Å². The average Bonchev–Trinajstić information content (AvgIpc) is 2.53. The molecule has 4 rings (SSSR count). The second-order valence-corrected chi connectivity index (χ2v) is 5.73. The Bertz CT molecular complexity index is 831. The Morgan fingerprint density at radius 3 is 2.48 bits per heavy atom. The number of hydrogen-bond acceptors (Lipinski definition) is 1. The van der Waals surface area contributed by atoms with Gasteiger partial charge in [0.25, 0.3) is 0 Å². The van der Waals surface area contributed by atoms with E-state index in [1.54, 1.807) is 0 Å². The van der Waals surface area contributed by atoms with Gasteiger partial charge in [0.05, 0.1) is 0 Å². The predicted molar refractivity (Wildman–Crippen MR) is 86.4 cm³/mol. The van der Waals surface area contributed by atoms with E-state index in [0.29, 0.717) is 18.6 Å². The summed E-state index contributed by atoms with van der Waals surface area (Å²) < 4.78 is 0. The lowest BCUT2D eigenvalue weighted by Crippen LogP contribution is -2.13. The summed E-state index contributed by atoms with van der Waals surface area (Å²) in [6, 6.07) is 21.4. The Labute approximate surface area is 124 Å². The van der Waals surface area contributed by atoms with Crippen molar-refractivity contribution >= 4 is 16.6 Å². The molecule has 3 aromatic carbocycles. The number of fused-ring (bicyclic) bond motifs is 2. The van der Waals surface area contributed by atoms with Gasteiger partial charge in [0.2, 0.25) is 0 Å². The van der Waals surface area contributed by atoms with Crippen LogP contribution >= 0.6 is 0 Å². The number of carbonyl (C=O) groups is 1. The molecule has 0 amide bonds. The first kappa shape index (κ1) is 12.3. The summed E-state index contributed by atoms with van der Waals surface area (Å²) in [5.41, 5.74) is 5.02. The maximum Gasteiger partial charge on any atom is 0.137 e. The van der Waals surface area contributed by atoms with Crippen molar-refractivity contribution in [2.24, 2.45) is 0 Å². The van der Waals surface area contributed by atoms with E-state index in [4.69, 9.17) is 0 Å². The highest BCUT2D eigenvalue weighted by atomic mass is 16.1. The lowest BCUT2D eigenvalue weighted by atomic mass is 9.87. The van der Waals surface area contributed by atoms with Crippen molar-refractivity contribution in [1.29, 1.82) is 0 Å². The van der Waals surface area contributed by atoms with Crippen molar-refractivity contribution in [2.75, 3.05) is 0 Å². The van der Waals surface area contributed by atoms with Crippen LogP contribution in [-0.2, 0) is 17.6 Å². The molecule has 0 N–H and O–H groups in total. The number of aryl methyl sites for hydroxylation is 1. The third-order valence-corrected chi connectivity index (χ3v) is 4.35. The highest BCUT2D eigenvalue weighted by Crippen LogP contribution is 2.32. The predicted octanol–water partition coefficient (Wildman–Crippen LogP) is 4.56. The second kappa shape index (κ2) is 4.85. The summed E-state index contributed by atoms with van der Waals surface area (Å²) >= 11 is 0. The normalized spacial score (nSPS) is 14.2. The zero-order chi connectivity index (χ0) is 14.2. The standard InChI is InChI=1S/C20H16O/c21-18-10-9-15-11-16-7-4-8-19(14-5-2-1-3-6-14)20(16)13-17(15)12-18/h1-8,11,13H,9-10,12H2. The number of benzene rings is 3. The smallest absolute Gasteiger partial charge is 0.137 e. The molecule has 0 fully saturated rings. The SMILES string of the molecule is O=C1CCc2cc3cccc(-c4ccccc4)c3cc2C1. The van der Waals surface area contributed by atoms with E-state index >= 15 is 0 Å². The number of rotatable bonds is 1. The Kier molecular flexibility index (Phi) is 2.85. The van der Waals surface area contributed by atoms with Crippen molar-refractivity contribution in [3.8, 4) is 11.1 Å². The molecule has 102 valence electrons. The number of ketones is 1. The molecule has 1 heteroatoms. The zero-order valence-electron chi connectivity index (χ0n) is 11.8. The van der Waals surface area contributed by atoms with E-state index in [1.807, 2.05) is 6.07 Å². The van der Waals surface area contributed by atoms with E-state index < -0.39 is 0 Å². The molecule has 1 aliphatic rings. The largest absolute Gasteiger partial charge is 0.299 e. The highest BCUT2D eigenvalue weighted by molar-refractivity contribution is 5.98. The maximum atomic E-state index is 11.7. The fraction of sp³-hybridized carbons (Fsp3) is 0.150. The molecule has 0 spiro atoms. The van der Waals surface area contributed by atoms with Crippen LogP contribution in [0, 0.1) is 0 Å². The third-order valence-electron chi connectivity index (χ3n) is 4.35. The van der Waals surface area contributed by atoms with Crippen LogP contribution in [0.5, 0.6) is 0 Å². The summed E-state index contributed by atoms with van der Waals surface area (Å²) in [7, 11) is 0. The highest BCUT2D eigenvalue weighted by Gasteiger charge is 2.17. The first-order valence-corrected chi connectivity index (χ1v) is 7.43. The van der Waals surface area contributed by atoms with Crippen LogP contribution in [0.2, 0.25) is 0 Å². The van der Waals surface area contributed by atoms with Crippen LogP contribution < -0.4 is 0 Å². The Hall–Kier alpha value is -2.41. The first-order valence-electron chi connectivity index (χ1n) is 7.43. The van der Waals surface area contributed by atoms with Crippen LogP contribution in [0.15, 0.2) is 60.7 Å². The van der Waals surface area contributed by atoms with Gasteiger partial charge in [0, 0.05) is 12.8 Å². The molecule has 1 nitrogen and oxygen atoms in total.